The number of anilines is 1. The van der Waals surface area contributed by atoms with Crippen molar-refractivity contribution in [1.29, 1.82) is 0 Å². The summed E-state index contributed by atoms with van der Waals surface area (Å²) in [5.41, 5.74) is 0.405. The fourth-order valence-electron chi connectivity index (χ4n) is 2.27. The number of hydrogen-bond acceptors (Lipinski definition) is 4. The van der Waals surface area contributed by atoms with Crippen LogP contribution in [0.3, 0.4) is 0 Å². The molecule has 1 aliphatic rings. The zero-order valence-corrected chi connectivity index (χ0v) is 11.9. The van der Waals surface area contributed by atoms with Gasteiger partial charge in [-0.1, -0.05) is 0 Å². The molecule has 1 atom stereocenters. The molecule has 21 heavy (non-hydrogen) atoms. The molecule has 1 aliphatic heterocycles. The number of pyridine rings is 1. The van der Waals surface area contributed by atoms with E-state index in [1.54, 1.807) is 11.9 Å². The molecule has 0 spiro atoms. The predicted molar refractivity (Wildman–Crippen MR) is 76.4 cm³/mol. The molecular formula is C14H19N3O4. The summed E-state index contributed by atoms with van der Waals surface area (Å²) in [6, 6.07) is 1.09. The Balaban J connectivity index is 1.90. The number of ether oxygens (including phenoxy) is 1. The Bertz CT molecular complexity index is 515. The van der Waals surface area contributed by atoms with E-state index in [2.05, 4.69) is 10.3 Å². The molecule has 2 amide bonds. The van der Waals surface area contributed by atoms with Gasteiger partial charge in [0, 0.05) is 32.3 Å². The van der Waals surface area contributed by atoms with Crippen molar-refractivity contribution in [3.05, 3.63) is 24.0 Å². The molecule has 7 heteroatoms. The first-order valence-corrected chi connectivity index (χ1v) is 6.84. The van der Waals surface area contributed by atoms with Crippen LogP contribution in [0.4, 0.5) is 10.5 Å². The van der Waals surface area contributed by atoms with E-state index in [-0.39, 0.29) is 11.6 Å². The van der Waals surface area contributed by atoms with Crippen molar-refractivity contribution in [1.82, 2.24) is 9.88 Å². The summed E-state index contributed by atoms with van der Waals surface area (Å²) < 4.78 is 5.39. The number of rotatable bonds is 4. The van der Waals surface area contributed by atoms with Gasteiger partial charge in [0.2, 0.25) is 0 Å². The predicted octanol–water partition coefficient (Wildman–Crippen LogP) is 1.67. The number of amides is 2. The summed E-state index contributed by atoms with van der Waals surface area (Å²) >= 11 is 0. The molecule has 0 aromatic carbocycles. The molecule has 2 heterocycles. The Morgan fingerprint density at radius 2 is 2.33 bits per heavy atom. The smallest absolute Gasteiger partial charge is 0.337 e. The highest BCUT2D eigenvalue weighted by atomic mass is 16.5. The molecule has 7 nitrogen and oxygen atoms in total. The van der Waals surface area contributed by atoms with Gasteiger partial charge in [0.05, 0.1) is 24.1 Å². The van der Waals surface area contributed by atoms with Crippen LogP contribution in [0.5, 0.6) is 0 Å². The molecular weight excluding hydrogens is 274 g/mol. The second-order valence-electron chi connectivity index (χ2n) is 5.16. The van der Waals surface area contributed by atoms with Crippen molar-refractivity contribution in [2.24, 2.45) is 5.92 Å². The highest BCUT2D eigenvalue weighted by Crippen LogP contribution is 2.15. The molecule has 0 bridgehead atoms. The Labute approximate surface area is 122 Å². The van der Waals surface area contributed by atoms with Crippen LogP contribution in [0.15, 0.2) is 18.5 Å². The van der Waals surface area contributed by atoms with Crippen LogP contribution >= 0.6 is 0 Å². The van der Waals surface area contributed by atoms with Gasteiger partial charge in [-0.15, -0.1) is 0 Å². The maximum absolute atomic E-state index is 12.1. The van der Waals surface area contributed by atoms with Gasteiger partial charge in [-0.25, -0.2) is 9.59 Å². The lowest BCUT2D eigenvalue weighted by Crippen LogP contribution is -2.37. The second kappa shape index (κ2) is 7.03. The lowest BCUT2D eigenvalue weighted by atomic mass is 10.0. The van der Waals surface area contributed by atoms with E-state index < -0.39 is 5.97 Å². The average Bonchev–Trinajstić information content (AvgIpc) is 2.48. The third-order valence-electron chi connectivity index (χ3n) is 3.37. The van der Waals surface area contributed by atoms with Gasteiger partial charge in [-0.05, 0) is 18.9 Å². The minimum atomic E-state index is -1.08. The molecule has 0 radical (unpaired) electrons. The van der Waals surface area contributed by atoms with Gasteiger partial charge >= 0.3 is 12.0 Å². The summed E-state index contributed by atoms with van der Waals surface area (Å²) in [5.74, 6) is -0.732. The molecule has 2 rings (SSSR count). The van der Waals surface area contributed by atoms with E-state index in [0.717, 1.165) is 19.4 Å². The summed E-state index contributed by atoms with van der Waals surface area (Å²) in [6.07, 6.45) is 4.72. The number of carbonyl (C=O) groups is 2. The summed E-state index contributed by atoms with van der Waals surface area (Å²) in [5, 5.41) is 11.5. The number of aromatic nitrogens is 1. The van der Waals surface area contributed by atoms with Gasteiger partial charge in [0.25, 0.3) is 0 Å². The molecule has 1 aromatic heterocycles. The molecule has 1 unspecified atom stereocenters. The fourth-order valence-corrected chi connectivity index (χ4v) is 2.27. The SMILES string of the molecule is CN(CC1CCCOC1)C(=O)Nc1cncc(C(=O)O)c1. The van der Waals surface area contributed by atoms with Gasteiger partial charge in [0.1, 0.15) is 0 Å². The Morgan fingerprint density at radius 3 is 3.00 bits per heavy atom. The highest BCUT2D eigenvalue weighted by Gasteiger charge is 2.19. The van der Waals surface area contributed by atoms with Crippen LogP contribution < -0.4 is 5.32 Å². The Hall–Kier alpha value is -2.15. The lowest BCUT2D eigenvalue weighted by molar-refractivity contribution is 0.0464. The molecule has 114 valence electrons. The number of carboxylic acids is 1. The largest absolute Gasteiger partial charge is 0.478 e. The van der Waals surface area contributed by atoms with Crippen LogP contribution in [0, 0.1) is 5.92 Å². The number of urea groups is 1. The lowest BCUT2D eigenvalue weighted by Gasteiger charge is -2.27. The topological polar surface area (TPSA) is 91.8 Å². The quantitative estimate of drug-likeness (QED) is 0.881. The minimum Gasteiger partial charge on any atom is -0.478 e. The minimum absolute atomic E-state index is 0.0381. The van der Waals surface area contributed by atoms with Crippen molar-refractivity contribution in [2.75, 3.05) is 32.1 Å². The van der Waals surface area contributed by atoms with Gasteiger partial charge in [-0.3, -0.25) is 4.98 Å². The number of aromatic carboxylic acids is 1. The van der Waals surface area contributed by atoms with Crippen LogP contribution in [0.2, 0.25) is 0 Å². The standard InChI is InChI=1S/C14H19N3O4/c1-17(8-10-3-2-4-21-9-10)14(20)16-12-5-11(13(18)19)6-15-7-12/h5-7,10H,2-4,8-9H2,1H3,(H,16,20)(H,18,19). The zero-order chi connectivity index (χ0) is 15.2. The van der Waals surface area contributed by atoms with Gasteiger partial charge in [0.15, 0.2) is 0 Å². The Kier molecular flexibility index (Phi) is 5.10. The molecule has 0 aliphatic carbocycles. The number of nitrogens with one attached hydrogen (secondary N) is 1. The summed E-state index contributed by atoms with van der Waals surface area (Å²) in [7, 11) is 1.71. The van der Waals surface area contributed by atoms with E-state index in [9.17, 15) is 9.59 Å². The maximum Gasteiger partial charge on any atom is 0.337 e. The first-order valence-electron chi connectivity index (χ1n) is 6.84. The first-order chi connectivity index (χ1) is 10.1. The van der Waals surface area contributed by atoms with E-state index in [0.29, 0.717) is 24.8 Å². The van der Waals surface area contributed by atoms with Crippen molar-refractivity contribution in [3.63, 3.8) is 0 Å². The van der Waals surface area contributed by atoms with Crippen molar-refractivity contribution in [3.8, 4) is 0 Å². The van der Waals surface area contributed by atoms with Gasteiger partial charge in [-0.2, -0.15) is 0 Å². The Morgan fingerprint density at radius 1 is 1.52 bits per heavy atom. The van der Waals surface area contributed by atoms with Crippen LogP contribution in [0.1, 0.15) is 23.2 Å². The highest BCUT2D eigenvalue weighted by molar-refractivity contribution is 5.92. The zero-order valence-electron chi connectivity index (χ0n) is 11.9. The van der Waals surface area contributed by atoms with Gasteiger partial charge < -0.3 is 20.1 Å². The number of nitrogens with zero attached hydrogens (tertiary/aromatic N) is 2. The molecule has 0 saturated carbocycles. The molecule has 2 N–H and O–H groups in total. The van der Waals surface area contributed by atoms with E-state index in [1.165, 1.54) is 18.5 Å². The van der Waals surface area contributed by atoms with Crippen molar-refractivity contribution >= 4 is 17.7 Å². The van der Waals surface area contributed by atoms with Crippen LogP contribution in [0.25, 0.3) is 0 Å². The average molecular weight is 293 g/mol. The molecule has 1 saturated heterocycles. The van der Waals surface area contributed by atoms with Crippen LogP contribution in [-0.2, 0) is 4.74 Å². The fraction of sp³-hybridized carbons (Fsp3) is 0.500. The van der Waals surface area contributed by atoms with Crippen LogP contribution in [-0.4, -0.2) is 53.8 Å². The second-order valence-corrected chi connectivity index (χ2v) is 5.16. The summed E-state index contributed by atoms with van der Waals surface area (Å²) in [6.45, 7) is 2.08. The first kappa shape index (κ1) is 15.2. The van der Waals surface area contributed by atoms with Crippen molar-refractivity contribution < 1.29 is 19.4 Å². The third-order valence-corrected chi connectivity index (χ3v) is 3.37. The maximum atomic E-state index is 12.1. The van der Waals surface area contributed by atoms with E-state index >= 15 is 0 Å². The van der Waals surface area contributed by atoms with E-state index in [4.69, 9.17) is 9.84 Å². The summed E-state index contributed by atoms with van der Waals surface area (Å²) in [4.78, 5) is 28.3. The number of carboxylic acid groups (broad SMARTS) is 1. The van der Waals surface area contributed by atoms with Crippen molar-refractivity contribution in [2.45, 2.75) is 12.8 Å². The third kappa shape index (κ3) is 4.42. The number of hydrogen-bond donors (Lipinski definition) is 2. The monoisotopic (exact) mass is 293 g/mol. The van der Waals surface area contributed by atoms with E-state index in [1.807, 2.05) is 0 Å². The molecule has 1 fully saturated rings. The number of carbonyl (C=O) groups excluding carboxylic acids is 1. The normalized spacial score (nSPS) is 18.0. The molecule has 1 aromatic rings.